The summed E-state index contributed by atoms with van der Waals surface area (Å²) in [5.74, 6) is -0.00327. The summed E-state index contributed by atoms with van der Waals surface area (Å²) in [7, 11) is 0. The summed E-state index contributed by atoms with van der Waals surface area (Å²) in [6.45, 7) is 9.22. The van der Waals surface area contributed by atoms with Gasteiger partial charge in [0.05, 0.1) is 24.8 Å². The smallest absolute Gasteiger partial charge is 0.300 e. The molecule has 0 radical (unpaired) electrons. The number of hydrogen-bond donors (Lipinski definition) is 1. The van der Waals surface area contributed by atoms with Crippen molar-refractivity contribution < 1.29 is 24.2 Å². The lowest BCUT2D eigenvalue weighted by Crippen LogP contribution is -2.29. The number of ketones is 1. The van der Waals surface area contributed by atoms with E-state index in [0.717, 1.165) is 17.5 Å². The molecule has 1 amide bonds. The van der Waals surface area contributed by atoms with E-state index in [0.29, 0.717) is 41.9 Å². The number of Topliss-reactive ketones (excluding diaryl/α,β-unsaturated/α-hetero) is 1. The predicted molar refractivity (Wildman–Crippen MR) is 145 cm³/mol. The van der Waals surface area contributed by atoms with Gasteiger partial charge in [-0.25, -0.2) is 0 Å². The molecule has 1 heterocycles. The van der Waals surface area contributed by atoms with Gasteiger partial charge in [-0.05, 0) is 61.2 Å². The molecule has 3 aromatic carbocycles. The van der Waals surface area contributed by atoms with Crippen molar-refractivity contribution in [3.05, 3.63) is 95.1 Å². The van der Waals surface area contributed by atoms with E-state index >= 15 is 0 Å². The summed E-state index contributed by atoms with van der Waals surface area (Å²) in [5, 5.41) is 11.4. The van der Waals surface area contributed by atoms with E-state index in [4.69, 9.17) is 9.47 Å². The van der Waals surface area contributed by atoms with E-state index in [-0.39, 0.29) is 11.3 Å². The van der Waals surface area contributed by atoms with Gasteiger partial charge in [0.1, 0.15) is 17.3 Å². The van der Waals surface area contributed by atoms with Gasteiger partial charge in [0.15, 0.2) is 0 Å². The fraction of sp³-hybridized carbons (Fsp3) is 0.290. The Labute approximate surface area is 218 Å². The SMILES string of the molecule is CCCOc1cccc(/C(O)=C2/C(=O)C(=O)N(c3ccc(OCC(C)C)cc3)C2c2cccc(C)c2)c1. The zero-order valence-electron chi connectivity index (χ0n) is 21.7. The van der Waals surface area contributed by atoms with Crippen LogP contribution in [-0.2, 0) is 9.59 Å². The number of benzene rings is 3. The first-order valence-electron chi connectivity index (χ1n) is 12.6. The highest BCUT2D eigenvalue weighted by atomic mass is 16.5. The highest BCUT2D eigenvalue weighted by molar-refractivity contribution is 6.51. The quantitative estimate of drug-likeness (QED) is 0.208. The molecule has 0 spiro atoms. The summed E-state index contributed by atoms with van der Waals surface area (Å²) in [5.41, 5.74) is 2.73. The summed E-state index contributed by atoms with van der Waals surface area (Å²) in [6.07, 6.45) is 0.843. The lowest BCUT2D eigenvalue weighted by atomic mass is 9.94. The number of aryl methyl sites for hydroxylation is 1. The number of hydrogen-bond acceptors (Lipinski definition) is 5. The lowest BCUT2D eigenvalue weighted by Gasteiger charge is -2.26. The van der Waals surface area contributed by atoms with Crippen LogP contribution in [0.4, 0.5) is 5.69 Å². The Morgan fingerprint density at radius 1 is 0.946 bits per heavy atom. The van der Waals surface area contributed by atoms with Crippen molar-refractivity contribution in [3.63, 3.8) is 0 Å². The molecule has 0 aliphatic carbocycles. The minimum Gasteiger partial charge on any atom is -0.507 e. The maximum absolute atomic E-state index is 13.4. The Balaban J connectivity index is 1.80. The highest BCUT2D eigenvalue weighted by Crippen LogP contribution is 2.42. The molecule has 1 saturated heterocycles. The van der Waals surface area contributed by atoms with E-state index in [1.165, 1.54) is 4.90 Å². The predicted octanol–water partition coefficient (Wildman–Crippen LogP) is 6.44. The minimum atomic E-state index is -0.789. The van der Waals surface area contributed by atoms with E-state index < -0.39 is 17.7 Å². The lowest BCUT2D eigenvalue weighted by molar-refractivity contribution is -0.132. The van der Waals surface area contributed by atoms with Crippen LogP contribution in [-0.4, -0.2) is 30.0 Å². The average molecular weight is 500 g/mol. The highest BCUT2D eigenvalue weighted by Gasteiger charge is 2.47. The number of ether oxygens (including phenoxy) is 2. The summed E-state index contributed by atoms with van der Waals surface area (Å²) < 4.78 is 11.5. The maximum atomic E-state index is 13.4. The first-order chi connectivity index (χ1) is 17.8. The number of nitrogens with zero attached hydrogens (tertiary/aromatic N) is 1. The summed E-state index contributed by atoms with van der Waals surface area (Å²) in [4.78, 5) is 28.3. The molecule has 6 nitrogen and oxygen atoms in total. The molecule has 1 aliphatic heterocycles. The van der Waals surface area contributed by atoms with E-state index in [1.807, 2.05) is 38.1 Å². The third kappa shape index (κ3) is 5.69. The number of carbonyl (C=O) groups is 2. The molecule has 1 unspecified atom stereocenters. The first kappa shape index (κ1) is 26.0. The first-order valence-corrected chi connectivity index (χ1v) is 12.6. The number of aliphatic hydroxyl groups excluding tert-OH is 1. The molecule has 1 fully saturated rings. The molecule has 3 aromatic rings. The molecule has 1 atom stereocenters. The van der Waals surface area contributed by atoms with Crippen LogP contribution < -0.4 is 14.4 Å². The van der Waals surface area contributed by atoms with Crippen molar-refractivity contribution in [1.82, 2.24) is 0 Å². The van der Waals surface area contributed by atoms with Crippen molar-refractivity contribution in [2.45, 2.75) is 40.2 Å². The monoisotopic (exact) mass is 499 g/mol. The second-order valence-corrected chi connectivity index (χ2v) is 9.66. The minimum absolute atomic E-state index is 0.0448. The van der Waals surface area contributed by atoms with E-state index in [2.05, 4.69) is 13.8 Å². The van der Waals surface area contributed by atoms with Crippen LogP contribution in [0.5, 0.6) is 11.5 Å². The van der Waals surface area contributed by atoms with Gasteiger partial charge in [0, 0.05) is 11.3 Å². The van der Waals surface area contributed by atoms with Crippen molar-refractivity contribution >= 4 is 23.1 Å². The summed E-state index contributed by atoms with van der Waals surface area (Å²) >= 11 is 0. The molecule has 6 heteroatoms. The van der Waals surface area contributed by atoms with Crippen molar-refractivity contribution in [1.29, 1.82) is 0 Å². The van der Waals surface area contributed by atoms with E-state index in [9.17, 15) is 14.7 Å². The maximum Gasteiger partial charge on any atom is 0.300 e. The fourth-order valence-electron chi connectivity index (χ4n) is 4.33. The zero-order valence-corrected chi connectivity index (χ0v) is 21.7. The molecule has 0 bridgehead atoms. The third-order valence-electron chi connectivity index (χ3n) is 6.08. The van der Waals surface area contributed by atoms with Gasteiger partial charge in [-0.3, -0.25) is 14.5 Å². The second kappa shape index (κ2) is 11.3. The second-order valence-electron chi connectivity index (χ2n) is 9.66. The van der Waals surface area contributed by atoms with Crippen LogP contribution in [0.3, 0.4) is 0 Å². The van der Waals surface area contributed by atoms with Crippen LogP contribution in [0, 0.1) is 12.8 Å². The normalized spacial score (nSPS) is 16.9. The summed E-state index contributed by atoms with van der Waals surface area (Å²) in [6, 6.07) is 20.9. The van der Waals surface area contributed by atoms with Crippen LogP contribution >= 0.6 is 0 Å². The van der Waals surface area contributed by atoms with Gasteiger partial charge < -0.3 is 14.6 Å². The molecule has 0 aromatic heterocycles. The van der Waals surface area contributed by atoms with Gasteiger partial charge in [-0.2, -0.15) is 0 Å². The largest absolute Gasteiger partial charge is 0.507 e. The zero-order chi connectivity index (χ0) is 26.5. The number of aliphatic hydroxyl groups is 1. The van der Waals surface area contributed by atoms with Crippen LogP contribution in [0.25, 0.3) is 5.76 Å². The Kier molecular flexibility index (Phi) is 7.97. The third-order valence-corrected chi connectivity index (χ3v) is 6.08. The number of anilines is 1. The molecule has 37 heavy (non-hydrogen) atoms. The fourth-order valence-corrected chi connectivity index (χ4v) is 4.33. The Morgan fingerprint density at radius 3 is 2.35 bits per heavy atom. The number of rotatable bonds is 9. The topological polar surface area (TPSA) is 76.1 Å². The van der Waals surface area contributed by atoms with Gasteiger partial charge in [-0.1, -0.05) is 62.7 Å². The standard InChI is InChI=1S/C31H33NO5/c1-5-16-36-26-11-7-10-23(18-26)29(33)27-28(22-9-6-8-21(4)17-22)32(31(35)30(27)34)24-12-14-25(15-13-24)37-19-20(2)3/h6-15,17-18,20,28,33H,5,16,19H2,1-4H3/b29-27-. The van der Waals surface area contributed by atoms with E-state index in [1.54, 1.807) is 48.5 Å². The molecule has 192 valence electrons. The molecule has 0 saturated carbocycles. The Morgan fingerprint density at radius 2 is 1.68 bits per heavy atom. The van der Waals surface area contributed by atoms with Gasteiger partial charge in [0.25, 0.3) is 11.7 Å². The van der Waals surface area contributed by atoms with Crippen LogP contribution in [0.1, 0.15) is 49.9 Å². The molecule has 1 aliphatic rings. The number of carbonyl (C=O) groups excluding carboxylic acids is 2. The molecule has 1 N–H and O–H groups in total. The molecule has 4 rings (SSSR count). The molecular weight excluding hydrogens is 466 g/mol. The average Bonchev–Trinajstić information content (AvgIpc) is 3.16. The van der Waals surface area contributed by atoms with Gasteiger partial charge in [0.2, 0.25) is 0 Å². The Bertz CT molecular complexity index is 1310. The van der Waals surface area contributed by atoms with Crippen molar-refractivity contribution in [2.75, 3.05) is 18.1 Å². The van der Waals surface area contributed by atoms with Gasteiger partial charge in [-0.15, -0.1) is 0 Å². The van der Waals surface area contributed by atoms with Crippen LogP contribution in [0.2, 0.25) is 0 Å². The molecular formula is C31H33NO5. The Hall–Kier alpha value is -4.06. The van der Waals surface area contributed by atoms with Crippen molar-refractivity contribution in [3.8, 4) is 11.5 Å². The van der Waals surface area contributed by atoms with Crippen LogP contribution in [0.15, 0.2) is 78.4 Å². The van der Waals surface area contributed by atoms with Gasteiger partial charge >= 0.3 is 0 Å². The number of amides is 1. The van der Waals surface area contributed by atoms with Crippen molar-refractivity contribution in [2.24, 2.45) is 5.92 Å².